The van der Waals surface area contributed by atoms with Crippen LogP contribution in [0.1, 0.15) is 137 Å². The average molecular weight is 701 g/mol. The molecular formula is C46H52O6. The smallest absolute Gasteiger partial charge is 0.153 e. The van der Waals surface area contributed by atoms with Crippen molar-refractivity contribution in [1.82, 2.24) is 0 Å². The molecule has 0 bridgehead atoms. The first-order valence-corrected chi connectivity index (χ1v) is 19.4. The van der Waals surface area contributed by atoms with Gasteiger partial charge in [-0.15, -0.1) is 0 Å². The highest BCUT2D eigenvalue weighted by molar-refractivity contribution is 5.80. The molecular weight excluding hydrogens is 649 g/mol. The number of rotatable bonds is 10. The third-order valence-corrected chi connectivity index (χ3v) is 12.9. The first kappa shape index (κ1) is 36.1. The number of carbonyl (C=O) groups is 2. The summed E-state index contributed by atoms with van der Waals surface area (Å²) in [4.78, 5) is 22.9. The number of aromatic hydroxyl groups is 2. The Balaban J connectivity index is 1.13. The first-order chi connectivity index (χ1) is 25.3. The summed E-state index contributed by atoms with van der Waals surface area (Å²) in [5, 5.41) is 43.4. The lowest BCUT2D eigenvalue weighted by Gasteiger charge is -2.40. The van der Waals surface area contributed by atoms with E-state index in [0.717, 1.165) is 38.5 Å². The molecule has 0 spiro atoms. The molecule has 3 aliphatic rings. The number of hydrogen-bond donors (Lipinski definition) is 4. The van der Waals surface area contributed by atoms with Crippen molar-refractivity contribution in [2.24, 2.45) is 11.8 Å². The third-order valence-electron chi connectivity index (χ3n) is 12.9. The van der Waals surface area contributed by atoms with Crippen LogP contribution in [0.25, 0.3) is 0 Å². The fourth-order valence-corrected chi connectivity index (χ4v) is 9.93. The molecule has 0 heterocycles. The highest BCUT2D eigenvalue weighted by Gasteiger charge is 2.38. The number of carbonyl (C=O) groups excluding carboxylic acids is 2. The number of para-hydroxylation sites is 2. The molecule has 6 unspecified atom stereocenters. The minimum absolute atomic E-state index is 0.00806. The zero-order valence-electron chi connectivity index (χ0n) is 30.0. The van der Waals surface area contributed by atoms with E-state index in [1.807, 2.05) is 12.1 Å². The molecule has 4 aromatic rings. The Morgan fingerprint density at radius 1 is 0.577 bits per heavy atom. The number of phenols is 2. The van der Waals surface area contributed by atoms with Crippen LogP contribution in [0.2, 0.25) is 0 Å². The predicted molar refractivity (Wildman–Crippen MR) is 203 cm³/mol. The van der Waals surface area contributed by atoms with E-state index >= 15 is 0 Å². The van der Waals surface area contributed by atoms with E-state index < -0.39 is 12.2 Å². The largest absolute Gasteiger partial charge is 0.507 e. The lowest BCUT2D eigenvalue weighted by molar-refractivity contribution is 0.0615. The molecule has 0 radical (unpaired) electrons. The lowest BCUT2D eigenvalue weighted by atomic mass is 9.64. The molecule has 4 aromatic carbocycles. The average Bonchev–Trinajstić information content (AvgIpc) is 3.18. The molecule has 0 aromatic heterocycles. The number of benzene rings is 4. The van der Waals surface area contributed by atoms with E-state index in [2.05, 4.69) is 48.5 Å². The van der Waals surface area contributed by atoms with Gasteiger partial charge in [0.1, 0.15) is 11.5 Å². The van der Waals surface area contributed by atoms with Gasteiger partial charge in [-0.3, -0.25) is 9.59 Å². The Kier molecular flexibility index (Phi) is 11.0. The van der Waals surface area contributed by atoms with Gasteiger partial charge in [-0.2, -0.15) is 0 Å². The van der Waals surface area contributed by atoms with Crippen LogP contribution in [-0.4, -0.2) is 45.2 Å². The summed E-state index contributed by atoms with van der Waals surface area (Å²) in [6.07, 6.45) is 12.2. The summed E-state index contributed by atoms with van der Waals surface area (Å²) in [6.45, 7) is 0. The predicted octanol–water partition coefficient (Wildman–Crippen LogP) is 8.95. The Morgan fingerprint density at radius 2 is 1.02 bits per heavy atom. The second kappa shape index (κ2) is 15.8. The quantitative estimate of drug-likeness (QED) is 0.123. The number of aldehydes is 2. The second-order valence-corrected chi connectivity index (χ2v) is 15.9. The van der Waals surface area contributed by atoms with E-state index in [9.17, 15) is 30.0 Å². The number of phenolic OH excluding ortho intramolecular Hbond substituents is 2. The number of aliphatic hydroxyl groups is 2. The maximum absolute atomic E-state index is 11.4. The summed E-state index contributed by atoms with van der Waals surface area (Å²) >= 11 is 0. The molecule has 6 atom stereocenters. The summed E-state index contributed by atoms with van der Waals surface area (Å²) in [5.41, 5.74) is 7.27. The van der Waals surface area contributed by atoms with Crippen LogP contribution in [0.5, 0.6) is 11.5 Å². The van der Waals surface area contributed by atoms with Crippen molar-refractivity contribution in [1.29, 1.82) is 0 Å². The van der Waals surface area contributed by atoms with E-state index in [-0.39, 0.29) is 39.9 Å². The van der Waals surface area contributed by atoms with Crippen molar-refractivity contribution in [3.63, 3.8) is 0 Å². The molecule has 3 fully saturated rings. The van der Waals surface area contributed by atoms with Crippen LogP contribution in [0.4, 0.5) is 0 Å². The fraction of sp³-hybridized carbons (Fsp3) is 0.435. The van der Waals surface area contributed by atoms with E-state index in [1.54, 1.807) is 24.3 Å². The molecule has 7 rings (SSSR count). The van der Waals surface area contributed by atoms with Crippen molar-refractivity contribution in [3.05, 3.63) is 129 Å². The van der Waals surface area contributed by atoms with Gasteiger partial charge < -0.3 is 20.4 Å². The maximum Gasteiger partial charge on any atom is 0.153 e. The SMILES string of the molecule is O=Cc1cccc(CC2CC(c3cccc(C4(c5cccc(C6CCC(O)C(Cc7cccc(C=O)c7O)C6)c5)CCCCC4)c3)CCC2O)c1O. The van der Waals surface area contributed by atoms with Crippen LogP contribution in [0, 0.1) is 11.8 Å². The van der Waals surface area contributed by atoms with Gasteiger partial charge >= 0.3 is 0 Å². The minimum atomic E-state index is -0.446. The van der Waals surface area contributed by atoms with Crippen LogP contribution in [0.3, 0.4) is 0 Å². The van der Waals surface area contributed by atoms with Gasteiger partial charge in [0.25, 0.3) is 0 Å². The van der Waals surface area contributed by atoms with Crippen molar-refractivity contribution in [3.8, 4) is 11.5 Å². The van der Waals surface area contributed by atoms with Gasteiger partial charge in [0.05, 0.1) is 23.3 Å². The normalized spacial score (nSPS) is 26.0. The Morgan fingerprint density at radius 3 is 1.46 bits per heavy atom. The molecule has 3 aliphatic carbocycles. The highest BCUT2D eigenvalue weighted by Crippen LogP contribution is 2.48. The maximum atomic E-state index is 11.4. The van der Waals surface area contributed by atoms with Gasteiger partial charge in [0.2, 0.25) is 0 Å². The summed E-state index contributed by atoms with van der Waals surface area (Å²) in [7, 11) is 0. The highest BCUT2D eigenvalue weighted by atomic mass is 16.3. The van der Waals surface area contributed by atoms with E-state index in [1.165, 1.54) is 41.5 Å². The third kappa shape index (κ3) is 7.33. The summed E-state index contributed by atoms with van der Waals surface area (Å²) in [5.74, 6) is 0.637. The molecule has 3 saturated carbocycles. The topological polar surface area (TPSA) is 115 Å². The number of aliphatic hydroxyl groups excluding tert-OH is 2. The molecule has 0 aliphatic heterocycles. The summed E-state index contributed by atoms with van der Waals surface area (Å²) < 4.78 is 0. The van der Waals surface area contributed by atoms with Gasteiger partial charge in [-0.1, -0.05) is 92.1 Å². The Labute approximate surface area is 307 Å². The lowest BCUT2D eigenvalue weighted by Crippen LogP contribution is -2.32. The molecule has 0 amide bonds. The van der Waals surface area contributed by atoms with Crippen LogP contribution < -0.4 is 0 Å². The molecule has 6 heteroatoms. The molecule has 4 N–H and O–H groups in total. The first-order valence-electron chi connectivity index (χ1n) is 19.4. The number of hydrogen-bond acceptors (Lipinski definition) is 6. The van der Waals surface area contributed by atoms with Crippen molar-refractivity contribution >= 4 is 12.6 Å². The van der Waals surface area contributed by atoms with Gasteiger partial charge in [0, 0.05) is 5.41 Å². The fourth-order valence-electron chi connectivity index (χ4n) is 9.93. The zero-order valence-corrected chi connectivity index (χ0v) is 30.0. The van der Waals surface area contributed by atoms with Crippen LogP contribution in [0.15, 0.2) is 84.9 Å². The standard InChI is InChI=1S/C46H52O6/c47-28-36-12-4-10-34(44(36)51)24-38-22-32(16-18-42(38)49)30-8-6-14-40(26-30)46(20-2-1-3-21-46)41-15-7-9-31(27-41)33-17-19-43(50)39(23-33)25-35-11-5-13-37(29-48)45(35)52/h4-15,26-29,32-33,38-39,42-43,49-52H,1-3,16-25H2. The molecule has 6 nitrogen and oxygen atoms in total. The monoisotopic (exact) mass is 700 g/mol. The van der Waals surface area contributed by atoms with Crippen molar-refractivity contribution in [2.75, 3.05) is 0 Å². The van der Waals surface area contributed by atoms with Gasteiger partial charge in [-0.25, -0.2) is 0 Å². The van der Waals surface area contributed by atoms with E-state index in [0.29, 0.717) is 61.2 Å². The summed E-state index contributed by atoms with van der Waals surface area (Å²) in [6, 6.07) is 29.0. The minimum Gasteiger partial charge on any atom is -0.507 e. The zero-order chi connectivity index (χ0) is 36.2. The molecule has 272 valence electrons. The van der Waals surface area contributed by atoms with E-state index in [4.69, 9.17) is 0 Å². The Bertz CT molecular complexity index is 1750. The Hall–Kier alpha value is -4.26. The second-order valence-electron chi connectivity index (χ2n) is 15.9. The van der Waals surface area contributed by atoms with Crippen LogP contribution in [-0.2, 0) is 18.3 Å². The molecule has 0 saturated heterocycles. The van der Waals surface area contributed by atoms with Gasteiger partial charge in [0.15, 0.2) is 12.6 Å². The van der Waals surface area contributed by atoms with Crippen LogP contribution >= 0.6 is 0 Å². The molecule has 52 heavy (non-hydrogen) atoms. The van der Waals surface area contributed by atoms with Gasteiger partial charge in [-0.05, 0) is 133 Å². The van der Waals surface area contributed by atoms with Crippen molar-refractivity contribution in [2.45, 2.75) is 113 Å². The van der Waals surface area contributed by atoms with Crippen molar-refractivity contribution < 1.29 is 30.0 Å².